The first-order valence-electron chi connectivity index (χ1n) is 31.6. The fraction of sp³-hybridized carbons (Fsp3) is 0.575. The van der Waals surface area contributed by atoms with Crippen molar-refractivity contribution >= 4 is 17.9 Å². The molecule has 0 aromatic heterocycles. The van der Waals surface area contributed by atoms with Crippen molar-refractivity contribution in [2.45, 2.75) is 258 Å². The number of ether oxygens (including phenoxy) is 3. The Balaban J connectivity index is 4.52. The lowest BCUT2D eigenvalue weighted by Gasteiger charge is -2.18. The Kier molecular flexibility index (Phi) is 61.0. The van der Waals surface area contributed by atoms with Gasteiger partial charge in [0, 0.05) is 19.3 Å². The lowest BCUT2D eigenvalue weighted by molar-refractivity contribution is -0.167. The van der Waals surface area contributed by atoms with Gasteiger partial charge in [-0.3, -0.25) is 14.4 Å². The molecule has 79 heavy (non-hydrogen) atoms. The molecule has 0 N–H and O–H groups in total. The fourth-order valence-corrected chi connectivity index (χ4v) is 8.08. The zero-order chi connectivity index (χ0) is 57.1. The maximum atomic E-state index is 12.9. The molecular weight excluding hydrogens is 973 g/mol. The lowest BCUT2D eigenvalue weighted by atomic mass is 10.1. The Bertz CT molecular complexity index is 1820. The second kappa shape index (κ2) is 65.3. The number of carbonyl (C=O) groups excluding carboxylic acids is 3. The second-order valence-electron chi connectivity index (χ2n) is 20.2. The molecule has 0 radical (unpaired) electrons. The van der Waals surface area contributed by atoms with Gasteiger partial charge in [0.1, 0.15) is 13.2 Å². The van der Waals surface area contributed by atoms with Gasteiger partial charge in [0.05, 0.1) is 0 Å². The van der Waals surface area contributed by atoms with E-state index in [0.29, 0.717) is 12.8 Å². The molecule has 0 aliphatic rings. The number of unbranched alkanes of at least 4 members (excludes halogenated alkanes) is 16. The van der Waals surface area contributed by atoms with Crippen LogP contribution in [-0.2, 0) is 28.6 Å². The fourth-order valence-electron chi connectivity index (χ4n) is 8.08. The zero-order valence-corrected chi connectivity index (χ0v) is 50.6. The maximum Gasteiger partial charge on any atom is 0.306 e. The number of carbonyl (C=O) groups is 3. The smallest absolute Gasteiger partial charge is 0.306 e. The van der Waals surface area contributed by atoms with Crippen LogP contribution < -0.4 is 0 Å². The van der Waals surface area contributed by atoms with Crippen molar-refractivity contribution in [3.63, 3.8) is 0 Å². The third-order valence-corrected chi connectivity index (χ3v) is 12.7. The van der Waals surface area contributed by atoms with Gasteiger partial charge in [0.2, 0.25) is 0 Å². The summed E-state index contributed by atoms with van der Waals surface area (Å²) in [6, 6.07) is 0. The Morgan fingerprint density at radius 2 is 0.468 bits per heavy atom. The van der Waals surface area contributed by atoms with Crippen molar-refractivity contribution < 1.29 is 28.6 Å². The summed E-state index contributed by atoms with van der Waals surface area (Å²) in [7, 11) is 0. The van der Waals surface area contributed by atoms with E-state index in [-0.39, 0.29) is 44.0 Å². The molecule has 1 atom stereocenters. The van der Waals surface area contributed by atoms with Gasteiger partial charge >= 0.3 is 17.9 Å². The zero-order valence-electron chi connectivity index (χ0n) is 50.6. The van der Waals surface area contributed by atoms with E-state index in [0.717, 1.165) is 154 Å². The minimum absolute atomic E-state index is 0.114. The van der Waals surface area contributed by atoms with E-state index < -0.39 is 6.10 Å². The van der Waals surface area contributed by atoms with Gasteiger partial charge in [0.25, 0.3) is 0 Å². The minimum atomic E-state index is -0.824. The minimum Gasteiger partial charge on any atom is -0.462 e. The molecule has 0 bridgehead atoms. The van der Waals surface area contributed by atoms with Gasteiger partial charge in [-0.25, -0.2) is 0 Å². The van der Waals surface area contributed by atoms with Crippen LogP contribution in [0.3, 0.4) is 0 Å². The molecule has 1 unspecified atom stereocenters. The van der Waals surface area contributed by atoms with E-state index in [9.17, 15) is 14.4 Å². The molecule has 0 aromatic carbocycles. The summed E-state index contributed by atoms with van der Waals surface area (Å²) in [5.74, 6) is -1.00. The molecule has 0 aliphatic carbocycles. The molecule has 0 heterocycles. The SMILES string of the molecule is CC/C=C\C/C=C\C/C=C\C/C=C\C/C=C\CCCCCCCC(=O)OC(COC(=O)CCC/C=C\C/C=C\C/C=C\C/C=C\C/C=C\CC)COC(=O)CCCCCCCCCCCC/C=C\C/C=C\C/C=C\C/C=C\CC. The van der Waals surface area contributed by atoms with Crippen molar-refractivity contribution in [3.05, 3.63) is 170 Å². The van der Waals surface area contributed by atoms with E-state index in [4.69, 9.17) is 14.2 Å². The molecule has 6 heteroatoms. The molecular formula is C73H114O6. The summed E-state index contributed by atoms with van der Waals surface area (Å²) in [4.78, 5) is 38.3. The van der Waals surface area contributed by atoms with Crippen molar-refractivity contribution in [2.75, 3.05) is 13.2 Å². The number of hydrogen-bond donors (Lipinski definition) is 0. The average molecular weight is 1090 g/mol. The highest BCUT2D eigenvalue weighted by Crippen LogP contribution is 2.14. The van der Waals surface area contributed by atoms with Gasteiger partial charge in [-0.2, -0.15) is 0 Å². The quantitative estimate of drug-likeness (QED) is 0.0261. The molecule has 0 saturated heterocycles. The van der Waals surface area contributed by atoms with Crippen molar-refractivity contribution in [1.29, 1.82) is 0 Å². The molecule has 0 rings (SSSR count). The molecule has 0 saturated carbocycles. The third kappa shape index (κ3) is 63.5. The predicted molar refractivity (Wildman–Crippen MR) is 343 cm³/mol. The van der Waals surface area contributed by atoms with Crippen LogP contribution in [0.25, 0.3) is 0 Å². The third-order valence-electron chi connectivity index (χ3n) is 12.7. The van der Waals surface area contributed by atoms with E-state index in [1.807, 2.05) is 0 Å². The van der Waals surface area contributed by atoms with Crippen LogP contribution in [0.1, 0.15) is 252 Å². The lowest BCUT2D eigenvalue weighted by Crippen LogP contribution is -2.30. The van der Waals surface area contributed by atoms with Crippen LogP contribution in [0.5, 0.6) is 0 Å². The van der Waals surface area contributed by atoms with Crippen LogP contribution >= 0.6 is 0 Å². The first-order valence-corrected chi connectivity index (χ1v) is 31.6. The molecule has 0 aliphatic heterocycles. The standard InChI is InChI=1S/C73H114O6/c1-4-7-10-13-16-19-22-25-28-31-33-35-36-38-39-42-45-48-51-54-57-60-63-66-72(75)78-69-70(68-77-71(74)65-62-59-56-53-50-47-44-41-30-27-24-21-18-15-12-9-6-3)79-73(76)67-64-61-58-55-52-49-46-43-40-37-34-32-29-26-23-20-17-14-11-8-5-2/h7-12,16-21,25-30,33-35,37,43-44,46-47,53,56,70H,4-6,13-15,22-24,31-32,36,38-42,45,48-52,54-55,57-69H2,1-3H3/b10-7-,11-8-,12-9-,19-16-,20-17-,21-18-,28-25-,29-26-,30-27-,35-33-,37-34-,46-43-,47-44-,56-53-. The highest BCUT2D eigenvalue weighted by atomic mass is 16.6. The summed E-state index contributed by atoms with van der Waals surface area (Å²) in [5.41, 5.74) is 0. The van der Waals surface area contributed by atoms with Crippen LogP contribution in [0.2, 0.25) is 0 Å². The van der Waals surface area contributed by atoms with E-state index in [1.165, 1.54) is 51.4 Å². The van der Waals surface area contributed by atoms with E-state index >= 15 is 0 Å². The van der Waals surface area contributed by atoms with Crippen LogP contribution in [0.4, 0.5) is 0 Å². The number of hydrogen-bond acceptors (Lipinski definition) is 6. The highest BCUT2D eigenvalue weighted by molar-refractivity contribution is 5.71. The summed E-state index contributed by atoms with van der Waals surface area (Å²) in [6.07, 6.45) is 96.4. The van der Waals surface area contributed by atoms with Gasteiger partial charge < -0.3 is 14.2 Å². The summed E-state index contributed by atoms with van der Waals surface area (Å²) in [6.45, 7) is 6.23. The molecule has 6 nitrogen and oxygen atoms in total. The van der Waals surface area contributed by atoms with Gasteiger partial charge in [-0.1, -0.05) is 262 Å². The molecule has 0 amide bonds. The monoisotopic (exact) mass is 1090 g/mol. The number of esters is 3. The number of allylic oxidation sites excluding steroid dienone is 28. The first kappa shape index (κ1) is 73.8. The van der Waals surface area contributed by atoms with Crippen molar-refractivity contribution in [2.24, 2.45) is 0 Å². The predicted octanol–water partition coefficient (Wildman–Crippen LogP) is 21.9. The van der Waals surface area contributed by atoms with E-state index in [2.05, 4.69) is 191 Å². The van der Waals surface area contributed by atoms with E-state index in [1.54, 1.807) is 0 Å². The topological polar surface area (TPSA) is 78.9 Å². The average Bonchev–Trinajstić information content (AvgIpc) is 3.45. The Labute approximate surface area is 485 Å². The molecule has 0 fully saturated rings. The molecule has 0 spiro atoms. The second-order valence-corrected chi connectivity index (χ2v) is 20.2. The molecule has 0 aromatic rings. The summed E-state index contributed by atoms with van der Waals surface area (Å²) >= 11 is 0. The first-order chi connectivity index (χ1) is 39.0. The van der Waals surface area contributed by atoms with Crippen molar-refractivity contribution in [3.8, 4) is 0 Å². The maximum absolute atomic E-state index is 12.9. The highest BCUT2D eigenvalue weighted by Gasteiger charge is 2.19. The van der Waals surface area contributed by atoms with Crippen LogP contribution in [-0.4, -0.2) is 37.2 Å². The molecule has 442 valence electrons. The van der Waals surface area contributed by atoms with Crippen LogP contribution in [0.15, 0.2) is 170 Å². The van der Waals surface area contributed by atoms with Gasteiger partial charge in [-0.15, -0.1) is 0 Å². The van der Waals surface area contributed by atoms with Gasteiger partial charge in [0.15, 0.2) is 6.10 Å². The largest absolute Gasteiger partial charge is 0.462 e. The van der Waals surface area contributed by atoms with Gasteiger partial charge in [-0.05, 0) is 141 Å². The Hall–Kier alpha value is -5.23. The normalized spacial score (nSPS) is 13.3. The summed E-state index contributed by atoms with van der Waals surface area (Å²) in [5, 5.41) is 0. The summed E-state index contributed by atoms with van der Waals surface area (Å²) < 4.78 is 16.9. The van der Waals surface area contributed by atoms with Crippen LogP contribution in [0, 0.1) is 0 Å². The Morgan fingerprint density at radius 3 is 0.759 bits per heavy atom. The van der Waals surface area contributed by atoms with Crippen molar-refractivity contribution in [1.82, 2.24) is 0 Å². The number of rotatable bonds is 55. The Morgan fingerprint density at radius 1 is 0.253 bits per heavy atom.